The summed E-state index contributed by atoms with van der Waals surface area (Å²) in [5.74, 6) is -0.339. The number of aromatic hydroxyl groups is 1. The maximum absolute atomic E-state index is 12.1. The molecule has 0 radical (unpaired) electrons. The normalized spacial score (nSPS) is 16.8. The molecule has 0 fully saturated rings. The van der Waals surface area contributed by atoms with Gasteiger partial charge >= 0.3 is 0 Å². The molecular formula is C20H26N2O3S. The molecule has 1 aromatic carbocycles. The van der Waals surface area contributed by atoms with Gasteiger partial charge in [0.2, 0.25) is 5.91 Å². The van der Waals surface area contributed by atoms with Crippen molar-refractivity contribution in [3.63, 3.8) is 0 Å². The van der Waals surface area contributed by atoms with Crippen LogP contribution in [0.3, 0.4) is 0 Å². The van der Waals surface area contributed by atoms with Crippen molar-refractivity contribution in [3.8, 4) is 5.75 Å². The van der Waals surface area contributed by atoms with Crippen LogP contribution in [0.25, 0.3) is 6.08 Å². The minimum absolute atomic E-state index is 0.247. The Bertz CT molecular complexity index is 789. The number of phenolic OH excluding ortho intramolecular Hbond substituents is 1. The summed E-state index contributed by atoms with van der Waals surface area (Å²) < 4.78 is 0. The van der Waals surface area contributed by atoms with Crippen LogP contribution in [0.4, 0.5) is 0 Å². The van der Waals surface area contributed by atoms with E-state index in [4.69, 9.17) is 0 Å². The number of amides is 2. The number of thioether (sulfide) groups is 1. The first-order valence-electron chi connectivity index (χ1n) is 8.47. The molecule has 0 aliphatic carbocycles. The van der Waals surface area contributed by atoms with Gasteiger partial charge in [0.05, 0.1) is 4.91 Å². The summed E-state index contributed by atoms with van der Waals surface area (Å²) in [6.07, 6.45) is 1.76. The van der Waals surface area contributed by atoms with E-state index in [1.54, 1.807) is 6.08 Å². The SMILES string of the molecule is CC(=O)NC1=NC(=O)/C(=C/c2cc(C(C)(C)C)c(O)c(C(C)(C)C)c2)S1. The Morgan fingerprint density at radius 1 is 1.12 bits per heavy atom. The largest absolute Gasteiger partial charge is 0.507 e. The first-order chi connectivity index (χ1) is 11.8. The molecule has 0 spiro atoms. The Balaban J connectivity index is 2.51. The van der Waals surface area contributed by atoms with Crippen LogP contribution in [0.5, 0.6) is 5.75 Å². The number of aliphatic imine (C=N–C) groups is 1. The van der Waals surface area contributed by atoms with E-state index in [0.717, 1.165) is 28.5 Å². The summed E-state index contributed by atoms with van der Waals surface area (Å²) in [6.45, 7) is 13.6. The molecule has 0 atom stereocenters. The molecule has 0 bridgehead atoms. The van der Waals surface area contributed by atoms with Gasteiger partial charge in [-0.1, -0.05) is 41.5 Å². The van der Waals surface area contributed by atoms with Gasteiger partial charge in [0.15, 0.2) is 5.17 Å². The van der Waals surface area contributed by atoms with Gasteiger partial charge in [0.25, 0.3) is 5.91 Å². The number of hydrogen-bond acceptors (Lipinski definition) is 4. The summed E-state index contributed by atoms with van der Waals surface area (Å²) >= 11 is 1.14. The first kappa shape index (κ1) is 20.2. The van der Waals surface area contributed by atoms with Crippen molar-refractivity contribution in [2.24, 2.45) is 4.99 Å². The summed E-state index contributed by atoms with van der Waals surface area (Å²) in [5, 5.41) is 13.6. The van der Waals surface area contributed by atoms with Crippen LogP contribution in [0.2, 0.25) is 0 Å². The van der Waals surface area contributed by atoms with Crippen LogP contribution >= 0.6 is 11.8 Å². The van der Waals surface area contributed by atoms with E-state index in [2.05, 4.69) is 10.3 Å². The number of carbonyl (C=O) groups is 2. The van der Waals surface area contributed by atoms with Crippen LogP contribution < -0.4 is 5.32 Å². The van der Waals surface area contributed by atoms with E-state index < -0.39 is 0 Å². The van der Waals surface area contributed by atoms with Crippen molar-refractivity contribution in [1.29, 1.82) is 0 Å². The van der Waals surface area contributed by atoms with Crippen molar-refractivity contribution < 1.29 is 14.7 Å². The smallest absolute Gasteiger partial charge is 0.286 e. The van der Waals surface area contributed by atoms with Gasteiger partial charge in [-0.25, -0.2) is 0 Å². The molecule has 0 aromatic heterocycles. The summed E-state index contributed by atoms with van der Waals surface area (Å²) in [7, 11) is 0. The van der Waals surface area contributed by atoms with Crippen molar-refractivity contribution >= 4 is 34.8 Å². The van der Waals surface area contributed by atoms with Gasteiger partial charge < -0.3 is 10.4 Å². The topological polar surface area (TPSA) is 78.8 Å². The average molecular weight is 375 g/mol. The van der Waals surface area contributed by atoms with Gasteiger partial charge in [-0.2, -0.15) is 4.99 Å². The third-order valence-electron chi connectivity index (χ3n) is 3.95. The molecule has 6 heteroatoms. The Hall–Kier alpha value is -2.08. The van der Waals surface area contributed by atoms with Crippen LogP contribution in [0.15, 0.2) is 22.0 Å². The van der Waals surface area contributed by atoms with Gasteiger partial charge in [-0.3, -0.25) is 9.59 Å². The van der Waals surface area contributed by atoms with Crippen molar-refractivity contribution in [2.75, 3.05) is 0 Å². The number of phenols is 1. The van der Waals surface area contributed by atoms with Crippen molar-refractivity contribution in [3.05, 3.63) is 33.7 Å². The number of rotatable bonds is 1. The minimum atomic E-state index is -0.374. The summed E-state index contributed by atoms with van der Waals surface area (Å²) in [5.41, 5.74) is 1.99. The van der Waals surface area contributed by atoms with Gasteiger partial charge in [0, 0.05) is 18.1 Å². The molecule has 1 aliphatic rings. The molecule has 2 N–H and O–H groups in total. The Morgan fingerprint density at radius 2 is 1.62 bits per heavy atom. The monoisotopic (exact) mass is 374 g/mol. The molecular weight excluding hydrogens is 348 g/mol. The second-order valence-electron chi connectivity index (χ2n) is 8.48. The molecule has 140 valence electrons. The Morgan fingerprint density at radius 3 is 2.04 bits per heavy atom. The van der Waals surface area contributed by atoms with Crippen LogP contribution in [-0.2, 0) is 20.4 Å². The Kier molecular flexibility index (Phi) is 5.38. The predicted molar refractivity (Wildman–Crippen MR) is 107 cm³/mol. The highest BCUT2D eigenvalue weighted by Crippen LogP contribution is 2.40. The van der Waals surface area contributed by atoms with Gasteiger partial charge in [-0.05, 0) is 46.4 Å². The number of hydrogen-bond donors (Lipinski definition) is 2. The van der Waals surface area contributed by atoms with Gasteiger partial charge in [-0.15, -0.1) is 0 Å². The molecule has 5 nitrogen and oxygen atoms in total. The summed E-state index contributed by atoms with van der Waals surface area (Å²) in [4.78, 5) is 27.6. The van der Waals surface area contributed by atoms with Crippen LogP contribution in [0.1, 0.15) is 65.2 Å². The quantitative estimate of drug-likeness (QED) is 0.726. The third-order valence-corrected chi connectivity index (χ3v) is 4.85. The van der Waals surface area contributed by atoms with E-state index >= 15 is 0 Å². The molecule has 1 aromatic rings. The number of carbonyl (C=O) groups excluding carboxylic acids is 2. The van der Waals surface area contributed by atoms with Crippen molar-refractivity contribution in [1.82, 2.24) is 5.32 Å². The average Bonchev–Trinajstić information content (AvgIpc) is 2.77. The summed E-state index contributed by atoms with van der Waals surface area (Å²) in [6, 6.07) is 3.81. The highest BCUT2D eigenvalue weighted by Gasteiger charge is 2.27. The fourth-order valence-corrected chi connectivity index (χ4v) is 3.51. The predicted octanol–water partition coefficient (Wildman–Crippen LogP) is 4.09. The maximum Gasteiger partial charge on any atom is 0.286 e. The maximum atomic E-state index is 12.1. The molecule has 2 rings (SSSR count). The standard InChI is InChI=1S/C20H26N2O3S/c1-11(23)21-18-22-17(25)15(26-18)10-12-8-13(19(2,3)4)16(24)14(9-12)20(5,6)7/h8-10,24H,1-7H3,(H,21,22,23,25)/b15-10-. The van der Waals surface area contributed by atoms with Gasteiger partial charge in [0.1, 0.15) is 5.75 Å². The highest BCUT2D eigenvalue weighted by atomic mass is 32.2. The zero-order valence-electron chi connectivity index (χ0n) is 16.4. The van der Waals surface area contributed by atoms with Crippen LogP contribution in [0, 0.1) is 0 Å². The number of nitrogens with zero attached hydrogens (tertiary/aromatic N) is 1. The molecule has 1 aliphatic heterocycles. The lowest BCUT2D eigenvalue weighted by Gasteiger charge is -2.28. The van der Waals surface area contributed by atoms with E-state index in [-0.39, 0.29) is 22.6 Å². The van der Waals surface area contributed by atoms with E-state index in [9.17, 15) is 14.7 Å². The third kappa shape index (κ3) is 4.55. The lowest BCUT2D eigenvalue weighted by molar-refractivity contribution is -0.117. The fraction of sp³-hybridized carbons (Fsp3) is 0.450. The van der Waals surface area contributed by atoms with E-state index in [0.29, 0.717) is 15.8 Å². The van der Waals surface area contributed by atoms with E-state index in [1.165, 1.54) is 6.92 Å². The minimum Gasteiger partial charge on any atom is -0.507 e. The first-order valence-corrected chi connectivity index (χ1v) is 9.29. The zero-order chi connectivity index (χ0) is 19.9. The molecule has 1 heterocycles. The van der Waals surface area contributed by atoms with Crippen molar-refractivity contribution in [2.45, 2.75) is 59.3 Å². The number of benzene rings is 1. The second-order valence-corrected chi connectivity index (χ2v) is 9.51. The highest BCUT2D eigenvalue weighted by molar-refractivity contribution is 8.18. The lowest BCUT2D eigenvalue weighted by atomic mass is 9.78. The fourth-order valence-electron chi connectivity index (χ4n) is 2.65. The molecule has 26 heavy (non-hydrogen) atoms. The number of amidine groups is 1. The zero-order valence-corrected chi connectivity index (χ0v) is 17.2. The Labute approximate surface area is 159 Å². The van der Waals surface area contributed by atoms with Crippen LogP contribution in [-0.4, -0.2) is 22.1 Å². The molecule has 2 amide bonds. The molecule has 0 saturated carbocycles. The lowest BCUT2D eigenvalue weighted by Crippen LogP contribution is -2.23. The van der Waals surface area contributed by atoms with E-state index in [1.807, 2.05) is 53.7 Å². The number of nitrogens with one attached hydrogen (secondary N) is 1. The molecule has 0 unspecified atom stereocenters. The second kappa shape index (κ2) is 6.91. The molecule has 0 saturated heterocycles.